The van der Waals surface area contributed by atoms with E-state index >= 15 is 0 Å². The molecule has 1 heterocycles. The number of nitrogens with one attached hydrogen (secondary N) is 1. The minimum Gasteiger partial charge on any atom is -0.297 e. The second-order valence-electron chi connectivity index (χ2n) is 7.59. The highest BCUT2D eigenvalue weighted by Crippen LogP contribution is 2.29. The van der Waals surface area contributed by atoms with Gasteiger partial charge in [0.25, 0.3) is 0 Å². The molecule has 158 valence electrons. The van der Waals surface area contributed by atoms with Crippen LogP contribution in [0.3, 0.4) is 0 Å². The molecule has 0 spiro atoms. The van der Waals surface area contributed by atoms with Crippen molar-refractivity contribution in [1.82, 2.24) is 9.62 Å². The van der Waals surface area contributed by atoms with Gasteiger partial charge in [0.05, 0.1) is 22.3 Å². The number of benzene rings is 1. The van der Waals surface area contributed by atoms with E-state index in [1.807, 2.05) is 27.7 Å². The molecule has 1 N–H and O–H groups in total. The van der Waals surface area contributed by atoms with Crippen molar-refractivity contribution in [3.63, 3.8) is 0 Å². The lowest BCUT2D eigenvalue weighted by Gasteiger charge is -2.37. The van der Waals surface area contributed by atoms with E-state index in [9.17, 15) is 21.6 Å². The second-order valence-corrected chi connectivity index (χ2v) is 11.2. The molecule has 0 radical (unpaired) electrons. The molecular weight excluding hydrogens is 402 g/mol. The second kappa shape index (κ2) is 8.10. The predicted molar refractivity (Wildman–Crippen MR) is 109 cm³/mol. The van der Waals surface area contributed by atoms with Crippen LogP contribution in [0, 0.1) is 5.92 Å². The standard InChI is InChI=1S/C18H29N3O5S2/c1-6-20(7-2)18(4,5)13-19-28(25,26)16-10-8-15(9-11-16)21-17(22)14(3)12-27(21,23)24/h8-11,14,19H,6-7,12-13H2,1-5H3. The topological polar surface area (TPSA) is 104 Å². The number of amides is 1. The van der Waals surface area contributed by atoms with Gasteiger partial charge >= 0.3 is 0 Å². The van der Waals surface area contributed by atoms with Crippen LogP contribution in [-0.2, 0) is 24.8 Å². The first-order valence-corrected chi connectivity index (χ1v) is 12.4. The van der Waals surface area contributed by atoms with E-state index < -0.39 is 31.9 Å². The monoisotopic (exact) mass is 431 g/mol. The van der Waals surface area contributed by atoms with Gasteiger partial charge in [-0.15, -0.1) is 0 Å². The Bertz CT molecular complexity index is 920. The van der Waals surface area contributed by atoms with Crippen LogP contribution in [0.4, 0.5) is 5.69 Å². The van der Waals surface area contributed by atoms with E-state index in [2.05, 4.69) is 9.62 Å². The number of rotatable bonds is 8. The van der Waals surface area contributed by atoms with Gasteiger partial charge in [0.1, 0.15) is 0 Å². The fourth-order valence-corrected chi connectivity index (χ4v) is 6.42. The SMILES string of the molecule is CCN(CC)C(C)(C)CNS(=O)(=O)c1ccc(N2C(=O)C(C)CS2(=O)=O)cc1. The smallest absolute Gasteiger partial charge is 0.244 e. The number of carbonyl (C=O) groups is 1. The maximum atomic E-state index is 12.6. The third kappa shape index (κ3) is 4.56. The maximum absolute atomic E-state index is 12.6. The fraction of sp³-hybridized carbons (Fsp3) is 0.611. The molecule has 1 aliphatic heterocycles. The number of nitrogens with zero attached hydrogens (tertiary/aromatic N) is 2. The summed E-state index contributed by atoms with van der Waals surface area (Å²) >= 11 is 0. The Morgan fingerprint density at radius 2 is 1.71 bits per heavy atom. The number of hydrogen-bond acceptors (Lipinski definition) is 6. The normalized spacial score (nSPS) is 20.1. The predicted octanol–water partition coefficient (Wildman–Crippen LogP) is 1.40. The Morgan fingerprint density at radius 3 is 2.14 bits per heavy atom. The molecule has 8 nitrogen and oxygen atoms in total. The maximum Gasteiger partial charge on any atom is 0.244 e. The quantitative estimate of drug-likeness (QED) is 0.667. The highest BCUT2D eigenvalue weighted by molar-refractivity contribution is 7.94. The molecule has 0 saturated carbocycles. The van der Waals surface area contributed by atoms with Crippen molar-refractivity contribution >= 4 is 31.6 Å². The Hall–Kier alpha value is -1.49. The first-order chi connectivity index (χ1) is 12.9. The van der Waals surface area contributed by atoms with Gasteiger partial charge in [-0.05, 0) is 51.2 Å². The molecule has 1 unspecified atom stereocenters. The molecule has 1 saturated heterocycles. The van der Waals surface area contributed by atoms with Crippen molar-refractivity contribution in [2.24, 2.45) is 5.92 Å². The zero-order chi connectivity index (χ0) is 21.3. The molecule has 0 aliphatic carbocycles. The van der Waals surface area contributed by atoms with Gasteiger partial charge in [0.2, 0.25) is 26.0 Å². The summed E-state index contributed by atoms with van der Waals surface area (Å²) in [6.07, 6.45) is 0. The Kier molecular flexibility index (Phi) is 6.59. The van der Waals surface area contributed by atoms with Gasteiger partial charge in [-0.3, -0.25) is 9.69 Å². The van der Waals surface area contributed by atoms with Crippen LogP contribution in [0.5, 0.6) is 0 Å². The summed E-state index contributed by atoms with van der Waals surface area (Å²) < 4.78 is 53.0. The molecule has 0 bridgehead atoms. The molecule has 1 aliphatic rings. The third-order valence-corrected chi connectivity index (χ3v) is 8.34. The average molecular weight is 432 g/mol. The summed E-state index contributed by atoms with van der Waals surface area (Å²) in [6, 6.07) is 5.32. The summed E-state index contributed by atoms with van der Waals surface area (Å²) in [5.74, 6) is -1.36. The van der Waals surface area contributed by atoms with Crippen LogP contribution in [0.1, 0.15) is 34.6 Å². The van der Waals surface area contributed by atoms with Gasteiger partial charge in [0, 0.05) is 12.1 Å². The van der Waals surface area contributed by atoms with Crippen LogP contribution in [-0.4, -0.2) is 58.6 Å². The van der Waals surface area contributed by atoms with Gasteiger partial charge in [-0.25, -0.2) is 25.9 Å². The van der Waals surface area contributed by atoms with E-state index in [4.69, 9.17) is 0 Å². The minimum absolute atomic E-state index is 0.0173. The molecule has 1 atom stereocenters. The van der Waals surface area contributed by atoms with E-state index in [1.165, 1.54) is 24.3 Å². The van der Waals surface area contributed by atoms with Crippen LogP contribution in [0.25, 0.3) is 0 Å². The Morgan fingerprint density at radius 1 is 1.18 bits per heavy atom. The van der Waals surface area contributed by atoms with Crippen molar-refractivity contribution in [3.8, 4) is 0 Å². The summed E-state index contributed by atoms with van der Waals surface area (Å²) in [5.41, 5.74) is -0.209. The molecular formula is C18H29N3O5S2. The van der Waals surface area contributed by atoms with Crippen molar-refractivity contribution < 1.29 is 21.6 Å². The first kappa shape index (κ1) is 22.8. The van der Waals surface area contributed by atoms with Crippen molar-refractivity contribution in [1.29, 1.82) is 0 Å². The zero-order valence-corrected chi connectivity index (χ0v) is 18.6. The number of likely N-dealkylation sites (N-methyl/N-ethyl adjacent to an activating group) is 1. The average Bonchev–Trinajstić information content (AvgIpc) is 2.81. The lowest BCUT2D eigenvalue weighted by atomic mass is 10.0. The fourth-order valence-electron chi connectivity index (χ4n) is 3.39. The van der Waals surface area contributed by atoms with Crippen LogP contribution in [0.15, 0.2) is 29.2 Å². The van der Waals surface area contributed by atoms with Crippen molar-refractivity contribution in [2.75, 3.05) is 29.7 Å². The van der Waals surface area contributed by atoms with Gasteiger partial charge in [-0.2, -0.15) is 0 Å². The summed E-state index contributed by atoms with van der Waals surface area (Å²) in [6.45, 7) is 11.4. The van der Waals surface area contributed by atoms with Crippen LogP contribution < -0.4 is 9.03 Å². The van der Waals surface area contributed by atoms with E-state index in [0.717, 1.165) is 17.4 Å². The zero-order valence-electron chi connectivity index (χ0n) is 17.0. The molecule has 1 aromatic rings. The molecule has 1 aromatic carbocycles. The van der Waals surface area contributed by atoms with Crippen molar-refractivity contribution in [2.45, 2.75) is 45.1 Å². The summed E-state index contributed by atoms with van der Waals surface area (Å²) in [4.78, 5) is 14.3. The van der Waals surface area contributed by atoms with Gasteiger partial charge < -0.3 is 0 Å². The molecule has 1 fully saturated rings. The Balaban J connectivity index is 2.19. The largest absolute Gasteiger partial charge is 0.297 e. The summed E-state index contributed by atoms with van der Waals surface area (Å²) in [7, 11) is -7.48. The summed E-state index contributed by atoms with van der Waals surface area (Å²) in [5, 5.41) is 0. The molecule has 1 amide bonds. The lowest BCUT2D eigenvalue weighted by molar-refractivity contribution is -0.119. The van der Waals surface area contributed by atoms with E-state index in [1.54, 1.807) is 6.92 Å². The molecule has 28 heavy (non-hydrogen) atoms. The number of carbonyl (C=O) groups excluding carboxylic acids is 1. The molecule has 2 rings (SSSR count). The van der Waals surface area contributed by atoms with Crippen LogP contribution in [0.2, 0.25) is 0 Å². The highest BCUT2D eigenvalue weighted by atomic mass is 32.2. The Labute approximate surface area is 168 Å². The number of anilines is 1. The van der Waals surface area contributed by atoms with Gasteiger partial charge in [-0.1, -0.05) is 20.8 Å². The van der Waals surface area contributed by atoms with Gasteiger partial charge in [0.15, 0.2) is 0 Å². The van der Waals surface area contributed by atoms with E-state index in [0.29, 0.717) is 0 Å². The van der Waals surface area contributed by atoms with Crippen LogP contribution >= 0.6 is 0 Å². The highest BCUT2D eigenvalue weighted by Gasteiger charge is 2.42. The van der Waals surface area contributed by atoms with Crippen molar-refractivity contribution in [3.05, 3.63) is 24.3 Å². The molecule has 0 aromatic heterocycles. The number of hydrogen-bond donors (Lipinski definition) is 1. The third-order valence-electron chi connectivity index (χ3n) is 5.06. The minimum atomic E-state index is -3.77. The lowest BCUT2D eigenvalue weighted by Crippen LogP contribution is -2.51. The van der Waals surface area contributed by atoms with E-state index in [-0.39, 0.29) is 28.4 Å². The first-order valence-electron chi connectivity index (χ1n) is 9.27. The molecule has 10 heteroatoms. The number of sulfonamides is 2.